The Labute approximate surface area is 91.1 Å². The van der Waals surface area contributed by atoms with E-state index < -0.39 is 0 Å². The number of amides is 1. The van der Waals surface area contributed by atoms with Crippen LogP contribution in [0.3, 0.4) is 0 Å². The second-order valence-corrected chi connectivity index (χ2v) is 3.10. The van der Waals surface area contributed by atoms with E-state index in [0.29, 0.717) is 17.8 Å². The molecule has 82 valence electrons. The number of anilines is 1. The van der Waals surface area contributed by atoms with Crippen LogP contribution in [0.25, 0.3) is 0 Å². The van der Waals surface area contributed by atoms with Gasteiger partial charge in [0.15, 0.2) is 0 Å². The van der Waals surface area contributed by atoms with E-state index in [-0.39, 0.29) is 11.7 Å². The first kappa shape index (κ1) is 10.1. The maximum atomic E-state index is 11.6. The number of nitrogens with one attached hydrogen (secondary N) is 2. The zero-order chi connectivity index (χ0) is 11.4. The molecule has 0 radical (unpaired) electrons. The fourth-order valence-corrected chi connectivity index (χ4v) is 1.17. The zero-order valence-corrected chi connectivity index (χ0v) is 8.34. The molecule has 1 amide bonds. The van der Waals surface area contributed by atoms with Crippen molar-refractivity contribution in [1.29, 1.82) is 0 Å². The number of nitrogens with two attached hydrogens (primary N) is 1. The van der Waals surface area contributed by atoms with E-state index in [9.17, 15) is 4.79 Å². The summed E-state index contributed by atoms with van der Waals surface area (Å²) in [6, 6.07) is 3.52. The average molecular weight is 218 g/mol. The van der Waals surface area contributed by atoms with E-state index >= 15 is 0 Å². The number of aromatic amines is 1. The van der Waals surface area contributed by atoms with Gasteiger partial charge in [-0.15, -0.1) is 0 Å². The zero-order valence-electron chi connectivity index (χ0n) is 8.34. The molecule has 7 nitrogen and oxygen atoms in total. The Morgan fingerprint density at radius 3 is 3.06 bits per heavy atom. The van der Waals surface area contributed by atoms with Crippen LogP contribution in [-0.4, -0.2) is 26.3 Å². The first-order valence-corrected chi connectivity index (χ1v) is 4.61. The van der Waals surface area contributed by atoms with Crippen molar-refractivity contribution in [1.82, 2.24) is 25.7 Å². The minimum absolute atomic E-state index is 0.247. The maximum Gasteiger partial charge on any atom is 0.256 e. The second kappa shape index (κ2) is 4.39. The standard InChI is InChI=1S/C9H10N6O/c10-8-7(5-13-15-8)9(16)11-4-6-2-1-3-12-14-6/h1-3,5H,4H2,(H,11,16)(H3,10,13,15). The minimum atomic E-state index is -0.295. The molecular weight excluding hydrogens is 208 g/mol. The van der Waals surface area contributed by atoms with Crippen LogP contribution in [-0.2, 0) is 6.54 Å². The molecule has 2 heterocycles. The molecule has 16 heavy (non-hydrogen) atoms. The van der Waals surface area contributed by atoms with Crippen LogP contribution in [0, 0.1) is 0 Å². The summed E-state index contributed by atoms with van der Waals surface area (Å²) in [6.07, 6.45) is 2.95. The average Bonchev–Trinajstić information content (AvgIpc) is 2.74. The van der Waals surface area contributed by atoms with Gasteiger partial charge < -0.3 is 11.1 Å². The molecule has 0 spiro atoms. The van der Waals surface area contributed by atoms with Crippen molar-refractivity contribution in [3.63, 3.8) is 0 Å². The van der Waals surface area contributed by atoms with Crippen LogP contribution in [0.2, 0.25) is 0 Å². The number of nitrogens with zero attached hydrogens (tertiary/aromatic N) is 3. The number of H-pyrrole nitrogens is 1. The Morgan fingerprint density at radius 2 is 2.44 bits per heavy atom. The Morgan fingerprint density at radius 1 is 1.56 bits per heavy atom. The van der Waals surface area contributed by atoms with Gasteiger partial charge in [0.25, 0.3) is 5.91 Å². The Bertz CT molecular complexity index is 480. The number of carbonyl (C=O) groups is 1. The second-order valence-electron chi connectivity index (χ2n) is 3.10. The van der Waals surface area contributed by atoms with Gasteiger partial charge >= 0.3 is 0 Å². The molecular formula is C9H10N6O. The van der Waals surface area contributed by atoms with Crippen molar-refractivity contribution in [2.75, 3.05) is 5.73 Å². The van der Waals surface area contributed by atoms with Gasteiger partial charge in [-0.25, -0.2) is 0 Å². The van der Waals surface area contributed by atoms with E-state index in [1.165, 1.54) is 6.20 Å². The highest BCUT2D eigenvalue weighted by Crippen LogP contribution is 2.05. The first-order valence-electron chi connectivity index (χ1n) is 4.61. The number of aromatic nitrogens is 4. The van der Waals surface area contributed by atoms with Crippen molar-refractivity contribution in [2.45, 2.75) is 6.54 Å². The molecule has 4 N–H and O–H groups in total. The number of rotatable bonds is 3. The lowest BCUT2D eigenvalue weighted by Crippen LogP contribution is -2.23. The highest BCUT2D eigenvalue weighted by molar-refractivity contribution is 5.97. The van der Waals surface area contributed by atoms with Crippen molar-refractivity contribution < 1.29 is 4.79 Å². The fourth-order valence-electron chi connectivity index (χ4n) is 1.17. The lowest BCUT2D eigenvalue weighted by atomic mass is 10.3. The van der Waals surface area contributed by atoms with Gasteiger partial charge in [0.05, 0.1) is 18.4 Å². The molecule has 2 aromatic heterocycles. The smallest absolute Gasteiger partial charge is 0.256 e. The molecule has 0 aromatic carbocycles. The first-order chi connectivity index (χ1) is 7.77. The number of nitrogen functional groups attached to an aromatic ring is 1. The molecule has 2 aromatic rings. The van der Waals surface area contributed by atoms with Gasteiger partial charge in [-0.1, -0.05) is 0 Å². The summed E-state index contributed by atoms with van der Waals surface area (Å²) in [5, 5.41) is 16.3. The van der Waals surface area contributed by atoms with Gasteiger partial charge in [-0.05, 0) is 12.1 Å². The normalized spacial score (nSPS) is 10.0. The van der Waals surface area contributed by atoms with Gasteiger partial charge in [0, 0.05) is 6.20 Å². The third-order valence-electron chi connectivity index (χ3n) is 1.97. The predicted molar refractivity (Wildman–Crippen MR) is 56.2 cm³/mol. The largest absolute Gasteiger partial charge is 0.383 e. The third kappa shape index (κ3) is 2.14. The highest BCUT2D eigenvalue weighted by atomic mass is 16.1. The van der Waals surface area contributed by atoms with E-state index in [0.717, 1.165) is 0 Å². The molecule has 2 rings (SSSR count). The Balaban J connectivity index is 1.97. The van der Waals surface area contributed by atoms with Crippen LogP contribution in [0.4, 0.5) is 5.82 Å². The van der Waals surface area contributed by atoms with Crippen molar-refractivity contribution >= 4 is 11.7 Å². The highest BCUT2D eigenvalue weighted by Gasteiger charge is 2.10. The van der Waals surface area contributed by atoms with Crippen molar-refractivity contribution in [3.05, 3.63) is 35.8 Å². The van der Waals surface area contributed by atoms with Crippen LogP contribution >= 0.6 is 0 Å². The van der Waals surface area contributed by atoms with Crippen LogP contribution in [0.15, 0.2) is 24.5 Å². The molecule has 0 fully saturated rings. The molecule has 0 aliphatic heterocycles. The molecule has 0 saturated carbocycles. The van der Waals surface area contributed by atoms with Gasteiger partial charge in [-0.2, -0.15) is 15.3 Å². The van der Waals surface area contributed by atoms with E-state index in [1.54, 1.807) is 18.3 Å². The molecule has 0 unspecified atom stereocenters. The lowest BCUT2D eigenvalue weighted by molar-refractivity contribution is 0.0951. The maximum absolute atomic E-state index is 11.6. The van der Waals surface area contributed by atoms with Crippen LogP contribution in [0.1, 0.15) is 16.1 Å². The molecule has 0 aliphatic carbocycles. The molecule has 7 heteroatoms. The summed E-state index contributed by atoms with van der Waals surface area (Å²) in [6.45, 7) is 0.303. The van der Waals surface area contributed by atoms with Crippen molar-refractivity contribution in [2.24, 2.45) is 0 Å². The van der Waals surface area contributed by atoms with Crippen molar-refractivity contribution in [3.8, 4) is 0 Å². The number of carbonyl (C=O) groups excluding carboxylic acids is 1. The number of hydrogen-bond donors (Lipinski definition) is 3. The van der Waals surface area contributed by atoms with E-state index in [4.69, 9.17) is 5.73 Å². The SMILES string of the molecule is Nc1[nH]ncc1C(=O)NCc1cccnn1. The molecule has 0 aliphatic rings. The summed E-state index contributed by atoms with van der Waals surface area (Å²) < 4.78 is 0. The Kier molecular flexibility index (Phi) is 2.77. The van der Waals surface area contributed by atoms with Crippen LogP contribution < -0.4 is 11.1 Å². The Hall–Kier alpha value is -2.44. The fraction of sp³-hybridized carbons (Fsp3) is 0.111. The summed E-state index contributed by atoms with van der Waals surface area (Å²) in [7, 11) is 0. The molecule has 0 bridgehead atoms. The lowest BCUT2D eigenvalue weighted by Gasteiger charge is -2.02. The third-order valence-corrected chi connectivity index (χ3v) is 1.97. The van der Waals surface area contributed by atoms with Gasteiger partial charge in [-0.3, -0.25) is 9.89 Å². The summed E-state index contributed by atoms with van der Waals surface area (Å²) >= 11 is 0. The molecule has 0 atom stereocenters. The monoisotopic (exact) mass is 218 g/mol. The van der Waals surface area contributed by atoms with Gasteiger partial charge in [0.2, 0.25) is 0 Å². The topological polar surface area (TPSA) is 110 Å². The summed E-state index contributed by atoms with van der Waals surface area (Å²) in [4.78, 5) is 11.6. The quantitative estimate of drug-likeness (QED) is 0.655. The minimum Gasteiger partial charge on any atom is -0.383 e. The predicted octanol–water partition coefficient (Wildman–Crippen LogP) is -0.288. The molecule has 0 saturated heterocycles. The van der Waals surface area contributed by atoms with E-state index in [1.807, 2.05) is 0 Å². The number of hydrogen-bond acceptors (Lipinski definition) is 5. The van der Waals surface area contributed by atoms with Gasteiger partial charge in [0.1, 0.15) is 11.4 Å². The van der Waals surface area contributed by atoms with E-state index in [2.05, 4.69) is 25.7 Å². The summed E-state index contributed by atoms with van der Waals surface area (Å²) in [5.41, 5.74) is 6.51. The van der Waals surface area contributed by atoms with Crippen LogP contribution in [0.5, 0.6) is 0 Å². The summed E-state index contributed by atoms with van der Waals surface area (Å²) in [5.74, 6) is -0.0476.